The molecule has 6 rings (SSSR count). The number of benzene rings is 5. The van der Waals surface area contributed by atoms with Crippen LogP contribution in [-0.2, 0) is 11.3 Å². The molecule has 3 atom stereocenters. The maximum atomic E-state index is 14.2. The normalized spacial score (nSPS) is 16.7. The molecular formula is C43H45N3O4. The molecule has 0 fully saturated rings. The van der Waals surface area contributed by atoms with Crippen LogP contribution in [0.25, 0.3) is 11.1 Å². The van der Waals surface area contributed by atoms with Gasteiger partial charge in [0.1, 0.15) is 6.10 Å². The highest BCUT2D eigenvalue weighted by atomic mass is 16.5. The zero-order valence-electron chi connectivity index (χ0n) is 28.9. The summed E-state index contributed by atoms with van der Waals surface area (Å²) in [6.07, 6.45) is -0.319. The van der Waals surface area contributed by atoms with E-state index in [1.165, 1.54) is 16.7 Å². The average molecular weight is 668 g/mol. The number of amides is 2. The first-order valence-electron chi connectivity index (χ1n) is 17.3. The molecule has 2 amide bonds. The van der Waals surface area contributed by atoms with Crippen LogP contribution in [0.1, 0.15) is 46.8 Å². The second-order valence-corrected chi connectivity index (χ2v) is 13.3. The van der Waals surface area contributed by atoms with Crippen LogP contribution >= 0.6 is 0 Å². The van der Waals surface area contributed by atoms with Crippen molar-refractivity contribution in [2.75, 3.05) is 32.1 Å². The van der Waals surface area contributed by atoms with Crippen LogP contribution in [-0.4, -0.2) is 65.6 Å². The van der Waals surface area contributed by atoms with Gasteiger partial charge in [-0.1, -0.05) is 128 Å². The SMILES string of the molecule is C[C@@H]1CN([C@@H](C)CO)C(=O)c2cccc(NC(=O)C(c3ccccc3)c3ccccc3)c2O[C@@H]1CN(C)Cc1ccc(-c2ccccc2)cc1. The molecule has 0 aromatic heterocycles. The fourth-order valence-electron chi connectivity index (χ4n) is 6.67. The fourth-order valence-corrected chi connectivity index (χ4v) is 6.67. The summed E-state index contributed by atoms with van der Waals surface area (Å²) in [6.45, 7) is 5.47. The number of hydrogen-bond acceptors (Lipinski definition) is 5. The number of hydrogen-bond donors (Lipinski definition) is 2. The number of nitrogens with zero attached hydrogens (tertiary/aromatic N) is 2. The number of nitrogens with one attached hydrogen (secondary N) is 1. The summed E-state index contributed by atoms with van der Waals surface area (Å²) in [5, 5.41) is 13.3. The van der Waals surface area contributed by atoms with Crippen LogP contribution in [0.2, 0.25) is 0 Å². The number of likely N-dealkylation sites (N-methyl/N-ethyl adjacent to an activating group) is 1. The van der Waals surface area contributed by atoms with Crippen LogP contribution in [0.5, 0.6) is 5.75 Å². The molecule has 7 nitrogen and oxygen atoms in total. The Morgan fingerprint density at radius 2 is 1.42 bits per heavy atom. The molecule has 0 saturated heterocycles. The Balaban J connectivity index is 1.29. The zero-order chi connectivity index (χ0) is 35.0. The van der Waals surface area contributed by atoms with Gasteiger partial charge >= 0.3 is 0 Å². The van der Waals surface area contributed by atoms with Crippen molar-refractivity contribution in [2.45, 2.75) is 38.5 Å². The van der Waals surface area contributed by atoms with E-state index >= 15 is 0 Å². The lowest BCUT2D eigenvalue weighted by atomic mass is 9.90. The number of anilines is 1. The summed E-state index contributed by atoms with van der Waals surface area (Å²) in [4.78, 5) is 32.2. The Morgan fingerprint density at radius 3 is 2.02 bits per heavy atom. The van der Waals surface area contributed by atoms with Crippen molar-refractivity contribution < 1.29 is 19.4 Å². The van der Waals surface area contributed by atoms with E-state index in [2.05, 4.69) is 60.6 Å². The van der Waals surface area contributed by atoms with E-state index in [0.29, 0.717) is 36.6 Å². The van der Waals surface area contributed by atoms with Gasteiger partial charge in [-0.05, 0) is 53.9 Å². The van der Waals surface area contributed by atoms with Crippen molar-refractivity contribution in [2.24, 2.45) is 5.92 Å². The van der Waals surface area contributed by atoms with Crippen LogP contribution in [0.15, 0.2) is 133 Å². The molecule has 0 bridgehead atoms. The molecule has 0 aliphatic carbocycles. The molecule has 256 valence electrons. The van der Waals surface area contributed by atoms with E-state index < -0.39 is 12.0 Å². The molecule has 1 aliphatic heterocycles. The Morgan fingerprint density at radius 1 is 0.840 bits per heavy atom. The lowest BCUT2D eigenvalue weighted by molar-refractivity contribution is -0.116. The molecule has 1 heterocycles. The number of rotatable bonds is 11. The Labute approximate surface area is 295 Å². The summed E-state index contributed by atoms with van der Waals surface area (Å²) >= 11 is 0. The number of para-hydroxylation sites is 1. The van der Waals surface area contributed by atoms with Crippen LogP contribution in [0.3, 0.4) is 0 Å². The van der Waals surface area contributed by atoms with Crippen molar-refractivity contribution in [1.82, 2.24) is 9.80 Å². The molecule has 1 aliphatic rings. The maximum Gasteiger partial charge on any atom is 0.258 e. The molecule has 5 aromatic rings. The molecule has 5 aromatic carbocycles. The van der Waals surface area contributed by atoms with Gasteiger partial charge < -0.3 is 20.1 Å². The summed E-state index contributed by atoms with van der Waals surface area (Å²) in [7, 11) is 2.07. The quantitative estimate of drug-likeness (QED) is 0.153. The Bertz CT molecular complexity index is 1830. The second kappa shape index (κ2) is 16.0. The van der Waals surface area contributed by atoms with Crippen LogP contribution in [0.4, 0.5) is 5.69 Å². The molecule has 0 unspecified atom stereocenters. The predicted molar refractivity (Wildman–Crippen MR) is 199 cm³/mol. The third-order valence-corrected chi connectivity index (χ3v) is 9.48. The van der Waals surface area contributed by atoms with Crippen molar-refractivity contribution in [3.63, 3.8) is 0 Å². The standard InChI is InChI=1S/C43H45N3O4/c1-30-26-46(31(2)29-47)43(49)37-20-13-21-38(44-42(48)40(35-16-9-5-10-17-35)36-18-11-6-12-19-36)41(37)50-39(30)28-45(3)27-32-22-24-34(25-23-32)33-14-7-4-8-15-33/h4-25,30-31,39-40,47H,26-29H2,1-3H3,(H,44,48)/t30-,31+,39-/m1/s1. The Kier molecular flexibility index (Phi) is 11.1. The van der Waals surface area contributed by atoms with E-state index in [9.17, 15) is 14.7 Å². The lowest BCUT2D eigenvalue weighted by Gasteiger charge is -2.38. The molecular weight excluding hydrogens is 622 g/mol. The molecule has 7 heteroatoms. The average Bonchev–Trinajstić information content (AvgIpc) is 3.14. The lowest BCUT2D eigenvalue weighted by Crippen LogP contribution is -2.49. The number of fused-ring (bicyclic) bond motifs is 1. The van der Waals surface area contributed by atoms with Gasteiger partial charge in [0, 0.05) is 25.6 Å². The van der Waals surface area contributed by atoms with Gasteiger partial charge in [0.15, 0.2) is 5.75 Å². The maximum absolute atomic E-state index is 14.2. The smallest absolute Gasteiger partial charge is 0.258 e. The first-order valence-corrected chi connectivity index (χ1v) is 17.3. The zero-order valence-corrected chi connectivity index (χ0v) is 28.9. The minimum absolute atomic E-state index is 0.0749. The highest BCUT2D eigenvalue weighted by Gasteiger charge is 2.35. The van der Waals surface area contributed by atoms with Gasteiger partial charge in [-0.2, -0.15) is 0 Å². The molecule has 0 radical (unpaired) electrons. The largest absolute Gasteiger partial charge is 0.486 e. The summed E-state index contributed by atoms with van der Waals surface area (Å²) < 4.78 is 6.82. The van der Waals surface area contributed by atoms with Gasteiger partial charge in [-0.15, -0.1) is 0 Å². The minimum Gasteiger partial charge on any atom is -0.486 e. The summed E-state index contributed by atoms with van der Waals surface area (Å²) in [5.41, 5.74) is 6.05. The van der Waals surface area contributed by atoms with Gasteiger partial charge in [-0.3, -0.25) is 14.5 Å². The molecule has 2 N–H and O–H groups in total. The first kappa shape index (κ1) is 34.6. The van der Waals surface area contributed by atoms with Crippen molar-refractivity contribution in [3.05, 3.63) is 156 Å². The van der Waals surface area contributed by atoms with E-state index in [1.807, 2.05) is 85.8 Å². The highest BCUT2D eigenvalue weighted by molar-refractivity contribution is 6.03. The van der Waals surface area contributed by atoms with Gasteiger partial charge in [0.05, 0.1) is 29.8 Å². The summed E-state index contributed by atoms with van der Waals surface area (Å²) in [6, 6.07) is 43.2. The van der Waals surface area contributed by atoms with Gasteiger partial charge in [-0.25, -0.2) is 0 Å². The van der Waals surface area contributed by atoms with Crippen molar-refractivity contribution >= 4 is 17.5 Å². The molecule has 0 spiro atoms. The van der Waals surface area contributed by atoms with Gasteiger partial charge in [0.2, 0.25) is 5.91 Å². The van der Waals surface area contributed by atoms with E-state index in [1.54, 1.807) is 23.1 Å². The summed E-state index contributed by atoms with van der Waals surface area (Å²) in [5.74, 6) is -0.766. The fraction of sp³-hybridized carbons (Fsp3) is 0.256. The highest BCUT2D eigenvalue weighted by Crippen LogP contribution is 2.36. The van der Waals surface area contributed by atoms with Crippen molar-refractivity contribution in [3.8, 4) is 16.9 Å². The van der Waals surface area contributed by atoms with Crippen LogP contribution in [0, 0.1) is 5.92 Å². The monoisotopic (exact) mass is 667 g/mol. The molecule has 50 heavy (non-hydrogen) atoms. The predicted octanol–water partition coefficient (Wildman–Crippen LogP) is 7.48. The van der Waals surface area contributed by atoms with Gasteiger partial charge in [0.25, 0.3) is 5.91 Å². The van der Waals surface area contributed by atoms with E-state index in [4.69, 9.17) is 4.74 Å². The minimum atomic E-state index is -0.572. The topological polar surface area (TPSA) is 82.1 Å². The van der Waals surface area contributed by atoms with E-state index in [0.717, 1.165) is 11.1 Å². The number of carbonyl (C=O) groups excluding carboxylic acids is 2. The van der Waals surface area contributed by atoms with Crippen LogP contribution < -0.4 is 10.1 Å². The number of ether oxygens (including phenoxy) is 1. The number of aliphatic hydroxyl groups is 1. The third kappa shape index (κ3) is 7.96. The number of aliphatic hydroxyl groups excluding tert-OH is 1. The third-order valence-electron chi connectivity index (χ3n) is 9.48. The van der Waals surface area contributed by atoms with E-state index in [-0.39, 0.29) is 30.4 Å². The van der Waals surface area contributed by atoms with Crippen molar-refractivity contribution in [1.29, 1.82) is 0 Å². The first-order chi connectivity index (χ1) is 24.3. The second-order valence-electron chi connectivity index (χ2n) is 13.3. The Hall–Kier alpha value is -5.24. The molecule has 0 saturated carbocycles. The number of carbonyl (C=O) groups is 2.